The lowest BCUT2D eigenvalue weighted by Gasteiger charge is -2.08. The standard InChI is InChI=1S/C11H19NS/c1-3-10(2)9-12-7-6-11-5-4-8-13-11/h4-5,8,10,12H,3,6-7,9H2,1-2H3/t10-/m1/s1. The van der Waals surface area contributed by atoms with Gasteiger partial charge in [0.1, 0.15) is 0 Å². The Morgan fingerprint density at radius 3 is 3.00 bits per heavy atom. The minimum absolute atomic E-state index is 0.809. The third-order valence-electron chi connectivity index (χ3n) is 2.32. The second kappa shape index (κ2) is 6.17. The first-order valence-electron chi connectivity index (χ1n) is 5.06. The first-order valence-corrected chi connectivity index (χ1v) is 5.94. The van der Waals surface area contributed by atoms with Crippen LogP contribution in [0.25, 0.3) is 0 Å². The Hall–Kier alpha value is -0.340. The predicted molar refractivity (Wildman–Crippen MR) is 60.3 cm³/mol. The highest BCUT2D eigenvalue weighted by Crippen LogP contribution is 2.08. The zero-order valence-electron chi connectivity index (χ0n) is 8.55. The van der Waals surface area contributed by atoms with Crippen molar-refractivity contribution < 1.29 is 0 Å². The molecule has 0 fully saturated rings. The molecule has 0 unspecified atom stereocenters. The van der Waals surface area contributed by atoms with E-state index in [1.807, 2.05) is 11.3 Å². The topological polar surface area (TPSA) is 12.0 Å². The maximum absolute atomic E-state index is 3.48. The second-order valence-electron chi connectivity index (χ2n) is 3.55. The second-order valence-corrected chi connectivity index (χ2v) is 4.58. The largest absolute Gasteiger partial charge is 0.316 e. The molecule has 74 valence electrons. The summed E-state index contributed by atoms with van der Waals surface area (Å²) in [6, 6.07) is 4.32. The van der Waals surface area contributed by atoms with Crippen LogP contribution in [-0.2, 0) is 6.42 Å². The summed E-state index contributed by atoms with van der Waals surface area (Å²) < 4.78 is 0. The fraction of sp³-hybridized carbons (Fsp3) is 0.636. The number of nitrogens with one attached hydrogen (secondary N) is 1. The molecular weight excluding hydrogens is 178 g/mol. The van der Waals surface area contributed by atoms with E-state index < -0.39 is 0 Å². The van der Waals surface area contributed by atoms with Crippen LogP contribution in [0.5, 0.6) is 0 Å². The van der Waals surface area contributed by atoms with E-state index in [1.54, 1.807) is 0 Å². The van der Waals surface area contributed by atoms with Crippen molar-refractivity contribution >= 4 is 11.3 Å². The number of thiophene rings is 1. The summed E-state index contributed by atoms with van der Waals surface area (Å²) in [6.07, 6.45) is 2.44. The summed E-state index contributed by atoms with van der Waals surface area (Å²) in [5, 5.41) is 5.62. The molecule has 1 nitrogen and oxygen atoms in total. The molecule has 0 aliphatic rings. The number of hydrogen-bond donors (Lipinski definition) is 1. The van der Waals surface area contributed by atoms with Crippen molar-refractivity contribution in [3.05, 3.63) is 22.4 Å². The highest BCUT2D eigenvalue weighted by Gasteiger charge is 1.97. The molecular formula is C11H19NS. The van der Waals surface area contributed by atoms with Crippen molar-refractivity contribution in [3.8, 4) is 0 Å². The van der Waals surface area contributed by atoms with E-state index in [1.165, 1.54) is 17.7 Å². The van der Waals surface area contributed by atoms with Gasteiger partial charge in [-0.05, 0) is 36.9 Å². The molecule has 1 atom stereocenters. The summed E-state index contributed by atoms with van der Waals surface area (Å²) in [7, 11) is 0. The Balaban J connectivity index is 2.02. The quantitative estimate of drug-likeness (QED) is 0.691. The van der Waals surface area contributed by atoms with Crippen LogP contribution in [0.3, 0.4) is 0 Å². The average Bonchev–Trinajstić information content (AvgIpc) is 2.64. The minimum atomic E-state index is 0.809. The van der Waals surface area contributed by atoms with Gasteiger partial charge in [-0.25, -0.2) is 0 Å². The molecule has 1 aromatic rings. The van der Waals surface area contributed by atoms with Crippen LogP contribution in [0.1, 0.15) is 25.1 Å². The molecule has 1 N–H and O–H groups in total. The third-order valence-corrected chi connectivity index (χ3v) is 3.25. The molecule has 1 aromatic heterocycles. The summed E-state index contributed by atoms with van der Waals surface area (Å²) >= 11 is 1.85. The Bertz CT molecular complexity index is 206. The Morgan fingerprint density at radius 2 is 2.38 bits per heavy atom. The smallest absolute Gasteiger partial charge is 0.00578 e. The van der Waals surface area contributed by atoms with Gasteiger partial charge in [-0.1, -0.05) is 26.3 Å². The van der Waals surface area contributed by atoms with E-state index in [2.05, 4.69) is 36.7 Å². The molecule has 1 rings (SSSR count). The average molecular weight is 197 g/mol. The molecule has 0 aromatic carbocycles. The summed E-state index contributed by atoms with van der Waals surface area (Å²) in [5.74, 6) is 0.809. The van der Waals surface area contributed by atoms with Crippen molar-refractivity contribution in [1.82, 2.24) is 5.32 Å². The van der Waals surface area contributed by atoms with E-state index in [4.69, 9.17) is 0 Å². The van der Waals surface area contributed by atoms with Crippen molar-refractivity contribution in [1.29, 1.82) is 0 Å². The van der Waals surface area contributed by atoms with Gasteiger partial charge in [-0.15, -0.1) is 11.3 Å². The van der Waals surface area contributed by atoms with Crippen molar-refractivity contribution in [2.24, 2.45) is 5.92 Å². The van der Waals surface area contributed by atoms with Gasteiger partial charge in [0, 0.05) is 4.88 Å². The van der Waals surface area contributed by atoms with Crippen LogP contribution in [0, 0.1) is 5.92 Å². The number of hydrogen-bond acceptors (Lipinski definition) is 2. The maximum atomic E-state index is 3.48. The van der Waals surface area contributed by atoms with Crippen LogP contribution in [0.4, 0.5) is 0 Å². The van der Waals surface area contributed by atoms with Gasteiger partial charge in [0.25, 0.3) is 0 Å². The van der Waals surface area contributed by atoms with E-state index >= 15 is 0 Å². The normalized spacial score (nSPS) is 13.1. The van der Waals surface area contributed by atoms with Gasteiger partial charge < -0.3 is 5.32 Å². The van der Waals surface area contributed by atoms with Crippen molar-refractivity contribution in [3.63, 3.8) is 0 Å². The predicted octanol–water partition coefficient (Wildman–Crippen LogP) is 2.93. The Morgan fingerprint density at radius 1 is 1.54 bits per heavy atom. The molecule has 0 saturated heterocycles. The van der Waals surface area contributed by atoms with Gasteiger partial charge in [0.15, 0.2) is 0 Å². The molecule has 13 heavy (non-hydrogen) atoms. The van der Waals surface area contributed by atoms with Crippen molar-refractivity contribution in [2.75, 3.05) is 13.1 Å². The lowest BCUT2D eigenvalue weighted by molar-refractivity contribution is 0.503. The highest BCUT2D eigenvalue weighted by molar-refractivity contribution is 7.09. The molecule has 2 heteroatoms. The SMILES string of the molecule is CC[C@@H](C)CNCCc1cccs1. The number of rotatable bonds is 6. The van der Waals surface area contributed by atoms with E-state index in [9.17, 15) is 0 Å². The maximum Gasteiger partial charge on any atom is 0.00578 e. The van der Waals surface area contributed by atoms with Crippen LogP contribution in [0.2, 0.25) is 0 Å². The lowest BCUT2D eigenvalue weighted by atomic mass is 10.1. The minimum Gasteiger partial charge on any atom is -0.316 e. The monoisotopic (exact) mass is 197 g/mol. The molecule has 0 bridgehead atoms. The third kappa shape index (κ3) is 4.44. The zero-order chi connectivity index (χ0) is 9.52. The molecule has 0 saturated carbocycles. The molecule has 1 heterocycles. The first-order chi connectivity index (χ1) is 6.33. The van der Waals surface area contributed by atoms with Crippen molar-refractivity contribution in [2.45, 2.75) is 26.7 Å². The molecule has 0 aliphatic heterocycles. The highest BCUT2D eigenvalue weighted by atomic mass is 32.1. The zero-order valence-corrected chi connectivity index (χ0v) is 9.36. The van der Waals surface area contributed by atoms with Crippen LogP contribution < -0.4 is 5.32 Å². The summed E-state index contributed by atoms with van der Waals surface area (Å²) in [5.41, 5.74) is 0. The Labute approximate surface area is 85.2 Å². The van der Waals surface area contributed by atoms with Gasteiger partial charge in [-0.2, -0.15) is 0 Å². The molecule has 0 aliphatic carbocycles. The van der Waals surface area contributed by atoms with E-state index in [-0.39, 0.29) is 0 Å². The van der Waals surface area contributed by atoms with Gasteiger partial charge in [-0.3, -0.25) is 0 Å². The van der Waals surface area contributed by atoms with E-state index in [0.29, 0.717) is 0 Å². The van der Waals surface area contributed by atoms with Crippen LogP contribution >= 0.6 is 11.3 Å². The first kappa shape index (κ1) is 10.7. The summed E-state index contributed by atoms with van der Waals surface area (Å²) in [6.45, 7) is 6.80. The molecule has 0 spiro atoms. The fourth-order valence-corrected chi connectivity index (χ4v) is 1.87. The van der Waals surface area contributed by atoms with Crippen LogP contribution in [0.15, 0.2) is 17.5 Å². The lowest BCUT2D eigenvalue weighted by Crippen LogP contribution is -2.22. The summed E-state index contributed by atoms with van der Waals surface area (Å²) in [4.78, 5) is 1.48. The molecule has 0 radical (unpaired) electrons. The van der Waals surface area contributed by atoms with E-state index in [0.717, 1.165) is 19.0 Å². The fourth-order valence-electron chi connectivity index (χ4n) is 1.16. The Kier molecular flexibility index (Phi) is 5.09. The molecule has 0 amide bonds. The van der Waals surface area contributed by atoms with Gasteiger partial charge in [0.05, 0.1) is 0 Å². The van der Waals surface area contributed by atoms with Crippen LogP contribution in [-0.4, -0.2) is 13.1 Å². The van der Waals surface area contributed by atoms with Gasteiger partial charge in [0.2, 0.25) is 0 Å². The van der Waals surface area contributed by atoms with Gasteiger partial charge >= 0.3 is 0 Å².